The number of hydrogen-bond donors (Lipinski definition) is 1. The quantitative estimate of drug-likeness (QED) is 0.561. The molecule has 0 radical (unpaired) electrons. The van der Waals surface area contributed by atoms with E-state index >= 15 is 0 Å². The van der Waals surface area contributed by atoms with Crippen LogP contribution in [0.15, 0.2) is 0 Å². The molecule has 0 bridgehead atoms. The lowest BCUT2D eigenvalue weighted by molar-refractivity contribution is 0.0751. The second-order valence-electron chi connectivity index (χ2n) is 2.72. The van der Waals surface area contributed by atoms with E-state index < -0.39 is 5.60 Å². The molecule has 1 nitrogen and oxygen atoms in total. The van der Waals surface area contributed by atoms with Gasteiger partial charge in [-0.3, -0.25) is 0 Å². The fourth-order valence-corrected chi connectivity index (χ4v) is 1.66. The average molecular weight is 179 g/mol. The smallest absolute Gasteiger partial charge is 0.0744 e. The van der Waals surface area contributed by atoms with Crippen LogP contribution in [0.5, 0.6) is 0 Å². The van der Waals surface area contributed by atoms with Gasteiger partial charge in [-0.15, -0.1) is 0 Å². The molecule has 1 fully saturated rings. The van der Waals surface area contributed by atoms with Crippen molar-refractivity contribution in [2.75, 3.05) is 0 Å². The molecule has 0 saturated heterocycles. The predicted molar refractivity (Wildman–Crippen MR) is 37.2 cm³/mol. The molecule has 0 aliphatic heterocycles. The normalized spacial score (nSPS) is 47.6. The third-order valence-corrected chi connectivity index (χ3v) is 3.26. The standard InChI is InChI=1S/C6H11BrO/c1-6(8)4-2-3-5(6)7/h5,8H,2-4H2,1H3/t5-,6-/m1/s1. The fraction of sp³-hybridized carbons (Fsp3) is 1.00. The molecule has 0 aromatic heterocycles. The summed E-state index contributed by atoms with van der Waals surface area (Å²) in [6, 6.07) is 0. The number of hydrogen-bond acceptors (Lipinski definition) is 1. The van der Waals surface area contributed by atoms with Gasteiger partial charge < -0.3 is 5.11 Å². The Hall–Kier alpha value is 0.440. The summed E-state index contributed by atoms with van der Waals surface area (Å²) in [5.41, 5.74) is -0.431. The molecule has 1 aliphatic carbocycles. The van der Waals surface area contributed by atoms with Gasteiger partial charge in [0, 0.05) is 4.83 Å². The Labute approximate surface area is 58.2 Å². The molecule has 0 spiro atoms. The van der Waals surface area contributed by atoms with Crippen molar-refractivity contribution in [3.63, 3.8) is 0 Å². The largest absolute Gasteiger partial charge is 0.389 e. The highest BCUT2D eigenvalue weighted by Gasteiger charge is 2.34. The topological polar surface area (TPSA) is 20.2 Å². The summed E-state index contributed by atoms with van der Waals surface area (Å²) < 4.78 is 0. The molecule has 0 amide bonds. The highest BCUT2D eigenvalue weighted by Crippen LogP contribution is 2.34. The minimum absolute atomic E-state index is 0.329. The van der Waals surface area contributed by atoms with Crippen molar-refractivity contribution in [1.29, 1.82) is 0 Å². The van der Waals surface area contributed by atoms with Crippen LogP contribution in [0.2, 0.25) is 0 Å². The Kier molecular flexibility index (Phi) is 1.63. The van der Waals surface area contributed by atoms with Crippen molar-refractivity contribution < 1.29 is 5.11 Å². The lowest BCUT2D eigenvalue weighted by atomic mass is 10.1. The number of aliphatic hydroxyl groups is 1. The predicted octanol–water partition coefficient (Wildman–Crippen LogP) is 1.68. The maximum absolute atomic E-state index is 9.42. The highest BCUT2D eigenvalue weighted by atomic mass is 79.9. The molecule has 0 heterocycles. The molecule has 2 heteroatoms. The molecule has 0 aromatic carbocycles. The van der Waals surface area contributed by atoms with Crippen molar-refractivity contribution in [2.24, 2.45) is 0 Å². The molecule has 1 saturated carbocycles. The molecule has 0 unspecified atom stereocenters. The zero-order valence-electron chi connectivity index (χ0n) is 5.02. The number of halogens is 1. The van der Waals surface area contributed by atoms with Crippen LogP contribution in [0.1, 0.15) is 26.2 Å². The van der Waals surface area contributed by atoms with Gasteiger partial charge in [0.25, 0.3) is 0 Å². The van der Waals surface area contributed by atoms with Crippen molar-refractivity contribution in [1.82, 2.24) is 0 Å². The van der Waals surface area contributed by atoms with Gasteiger partial charge in [-0.05, 0) is 26.2 Å². The number of rotatable bonds is 0. The fourth-order valence-electron chi connectivity index (χ4n) is 1.11. The van der Waals surface area contributed by atoms with Gasteiger partial charge in [-0.2, -0.15) is 0 Å². The van der Waals surface area contributed by atoms with Crippen LogP contribution >= 0.6 is 15.9 Å². The Balaban J connectivity index is 2.54. The van der Waals surface area contributed by atoms with Gasteiger partial charge >= 0.3 is 0 Å². The lowest BCUT2D eigenvalue weighted by Crippen LogP contribution is -2.28. The summed E-state index contributed by atoms with van der Waals surface area (Å²) in [4.78, 5) is 0.329. The van der Waals surface area contributed by atoms with E-state index in [9.17, 15) is 5.11 Å². The first-order chi connectivity index (χ1) is 3.63. The minimum Gasteiger partial charge on any atom is -0.389 e. The van der Waals surface area contributed by atoms with E-state index in [1.807, 2.05) is 6.92 Å². The molecule has 1 aliphatic rings. The Bertz CT molecular complexity index is 90.5. The number of alkyl halides is 1. The Morgan fingerprint density at radius 3 is 2.50 bits per heavy atom. The lowest BCUT2D eigenvalue weighted by Gasteiger charge is -2.19. The van der Waals surface area contributed by atoms with E-state index in [4.69, 9.17) is 0 Å². The molecular formula is C6H11BrO. The Morgan fingerprint density at radius 2 is 2.38 bits per heavy atom. The summed E-state index contributed by atoms with van der Waals surface area (Å²) in [6.07, 6.45) is 3.22. The van der Waals surface area contributed by atoms with Crippen molar-refractivity contribution in [3.8, 4) is 0 Å². The van der Waals surface area contributed by atoms with Crippen LogP contribution in [0, 0.1) is 0 Å². The van der Waals surface area contributed by atoms with E-state index in [0.29, 0.717) is 4.83 Å². The van der Waals surface area contributed by atoms with Gasteiger partial charge in [0.1, 0.15) is 0 Å². The molecule has 1 rings (SSSR count). The van der Waals surface area contributed by atoms with Crippen molar-refractivity contribution >= 4 is 15.9 Å². The molecule has 1 N–H and O–H groups in total. The third kappa shape index (κ3) is 1.06. The van der Waals surface area contributed by atoms with Crippen LogP contribution in [0.3, 0.4) is 0 Å². The van der Waals surface area contributed by atoms with Gasteiger partial charge in [-0.25, -0.2) is 0 Å². The van der Waals surface area contributed by atoms with Crippen LogP contribution < -0.4 is 0 Å². The summed E-state index contributed by atoms with van der Waals surface area (Å²) in [5.74, 6) is 0. The molecule has 48 valence electrons. The van der Waals surface area contributed by atoms with E-state index in [2.05, 4.69) is 15.9 Å². The first-order valence-electron chi connectivity index (χ1n) is 2.99. The van der Waals surface area contributed by atoms with E-state index in [-0.39, 0.29) is 0 Å². The average Bonchev–Trinajstić information content (AvgIpc) is 1.86. The molecular weight excluding hydrogens is 168 g/mol. The SMILES string of the molecule is C[C@@]1(O)CCC[C@H]1Br. The van der Waals surface area contributed by atoms with E-state index in [1.54, 1.807) is 0 Å². The zero-order valence-corrected chi connectivity index (χ0v) is 6.61. The zero-order chi connectivity index (χ0) is 6.20. The van der Waals surface area contributed by atoms with Crippen molar-refractivity contribution in [3.05, 3.63) is 0 Å². The van der Waals surface area contributed by atoms with Crippen LogP contribution in [0.4, 0.5) is 0 Å². The maximum Gasteiger partial charge on any atom is 0.0744 e. The second kappa shape index (κ2) is 1.99. The van der Waals surface area contributed by atoms with Crippen LogP contribution in [-0.4, -0.2) is 15.5 Å². The summed E-state index contributed by atoms with van der Waals surface area (Å²) >= 11 is 3.41. The molecule has 0 aromatic rings. The third-order valence-electron chi connectivity index (χ3n) is 1.82. The van der Waals surface area contributed by atoms with Crippen LogP contribution in [0.25, 0.3) is 0 Å². The van der Waals surface area contributed by atoms with Crippen LogP contribution in [-0.2, 0) is 0 Å². The first kappa shape index (κ1) is 6.56. The van der Waals surface area contributed by atoms with Gasteiger partial charge in [0.05, 0.1) is 5.60 Å². The van der Waals surface area contributed by atoms with Gasteiger partial charge in [0.2, 0.25) is 0 Å². The van der Waals surface area contributed by atoms with Gasteiger partial charge in [0.15, 0.2) is 0 Å². The van der Waals surface area contributed by atoms with Crippen molar-refractivity contribution in [2.45, 2.75) is 36.6 Å². The summed E-state index contributed by atoms with van der Waals surface area (Å²) in [6.45, 7) is 1.89. The highest BCUT2D eigenvalue weighted by molar-refractivity contribution is 9.09. The first-order valence-corrected chi connectivity index (χ1v) is 3.91. The summed E-state index contributed by atoms with van der Waals surface area (Å²) in [7, 11) is 0. The van der Waals surface area contributed by atoms with E-state index in [1.165, 1.54) is 0 Å². The maximum atomic E-state index is 9.42. The van der Waals surface area contributed by atoms with E-state index in [0.717, 1.165) is 19.3 Å². The molecule has 8 heavy (non-hydrogen) atoms. The monoisotopic (exact) mass is 178 g/mol. The molecule has 2 atom stereocenters. The summed E-state index contributed by atoms with van der Waals surface area (Å²) in [5, 5.41) is 9.42. The minimum atomic E-state index is -0.431. The van der Waals surface area contributed by atoms with Gasteiger partial charge in [-0.1, -0.05) is 15.9 Å². The second-order valence-corrected chi connectivity index (χ2v) is 3.82. The Morgan fingerprint density at radius 1 is 1.75 bits per heavy atom.